The van der Waals surface area contributed by atoms with Gasteiger partial charge in [-0.3, -0.25) is 9.48 Å². The molecule has 0 saturated carbocycles. The van der Waals surface area contributed by atoms with E-state index in [9.17, 15) is 9.18 Å². The average Bonchev–Trinajstić information content (AvgIpc) is 3.21. The summed E-state index contributed by atoms with van der Waals surface area (Å²) in [6.45, 7) is 4.88. The molecule has 2 aromatic heterocycles. The second-order valence-corrected chi connectivity index (χ2v) is 6.87. The van der Waals surface area contributed by atoms with E-state index in [0.717, 1.165) is 22.5 Å². The molecule has 1 amide bonds. The second kappa shape index (κ2) is 7.16. The van der Waals surface area contributed by atoms with Gasteiger partial charge in [-0.1, -0.05) is 17.3 Å². The minimum Gasteiger partial charge on any atom is -0.365 e. The number of hydrogen-bond donors (Lipinski definition) is 1. The Labute approximate surface area is 161 Å². The molecule has 1 aliphatic heterocycles. The van der Waals surface area contributed by atoms with Gasteiger partial charge in [-0.05, 0) is 31.5 Å². The van der Waals surface area contributed by atoms with Gasteiger partial charge in [-0.25, -0.2) is 9.07 Å². The predicted octanol–water partition coefficient (Wildman–Crippen LogP) is 1.97. The minimum atomic E-state index is -0.298. The molecule has 0 saturated heterocycles. The number of nitrogens with one attached hydrogen (secondary N) is 1. The van der Waals surface area contributed by atoms with Crippen LogP contribution >= 0.6 is 0 Å². The highest BCUT2D eigenvalue weighted by Crippen LogP contribution is 2.27. The van der Waals surface area contributed by atoms with Crippen LogP contribution in [0.5, 0.6) is 0 Å². The van der Waals surface area contributed by atoms with Gasteiger partial charge in [-0.2, -0.15) is 5.10 Å². The monoisotopic (exact) mass is 384 g/mol. The van der Waals surface area contributed by atoms with Crippen LogP contribution in [0.15, 0.2) is 24.3 Å². The molecule has 8 nitrogen and oxygen atoms in total. The summed E-state index contributed by atoms with van der Waals surface area (Å²) in [5.41, 5.74) is 4.64. The van der Waals surface area contributed by atoms with Gasteiger partial charge in [-0.15, -0.1) is 5.10 Å². The number of halogens is 1. The fourth-order valence-electron chi connectivity index (χ4n) is 3.39. The lowest BCUT2D eigenvalue weighted by Gasteiger charge is -2.24. The Morgan fingerprint density at radius 1 is 1.32 bits per heavy atom. The number of amides is 1. The third-order valence-corrected chi connectivity index (χ3v) is 5.14. The average molecular weight is 384 g/mol. The zero-order valence-corrected chi connectivity index (χ0v) is 15.9. The summed E-state index contributed by atoms with van der Waals surface area (Å²) < 4.78 is 22.4. The second-order valence-electron chi connectivity index (χ2n) is 6.87. The first-order chi connectivity index (χ1) is 13.4. The smallest absolute Gasteiger partial charge is 0.274 e. The van der Waals surface area contributed by atoms with Crippen molar-refractivity contribution in [2.45, 2.75) is 39.6 Å². The van der Waals surface area contributed by atoms with E-state index in [-0.39, 0.29) is 30.1 Å². The SMILES string of the molecule is Cc1nn(C)c(C)c1CNC(=O)c1nnn2c1CO[C@H](c1ccc(F)cc1)C2. The summed E-state index contributed by atoms with van der Waals surface area (Å²) in [4.78, 5) is 12.6. The number of benzene rings is 1. The van der Waals surface area contributed by atoms with E-state index in [4.69, 9.17) is 4.74 Å². The Morgan fingerprint density at radius 2 is 2.07 bits per heavy atom. The molecule has 28 heavy (non-hydrogen) atoms. The maximum Gasteiger partial charge on any atom is 0.274 e. The number of carbonyl (C=O) groups is 1. The van der Waals surface area contributed by atoms with E-state index in [1.54, 1.807) is 21.5 Å². The Kier molecular flexibility index (Phi) is 4.68. The molecule has 0 unspecified atom stereocenters. The normalized spacial score (nSPS) is 16.1. The van der Waals surface area contributed by atoms with Crippen molar-refractivity contribution in [3.63, 3.8) is 0 Å². The molecular weight excluding hydrogens is 363 g/mol. The number of fused-ring (bicyclic) bond motifs is 1. The van der Waals surface area contributed by atoms with Crippen LogP contribution in [-0.2, 0) is 31.5 Å². The lowest BCUT2D eigenvalue weighted by Crippen LogP contribution is -2.27. The summed E-state index contributed by atoms with van der Waals surface area (Å²) in [6, 6.07) is 6.18. The van der Waals surface area contributed by atoms with Crippen molar-refractivity contribution in [1.29, 1.82) is 0 Å². The van der Waals surface area contributed by atoms with Gasteiger partial charge in [0.05, 0.1) is 24.5 Å². The summed E-state index contributed by atoms with van der Waals surface area (Å²) in [5.74, 6) is -0.591. The maximum atomic E-state index is 13.1. The Balaban J connectivity index is 1.46. The Morgan fingerprint density at radius 3 is 2.75 bits per heavy atom. The van der Waals surface area contributed by atoms with Crippen LogP contribution in [-0.4, -0.2) is 30.7 Å². The minimum absolute atomic E-state index is 0.211. The van der Waals surface area contributed by atoms with Gasteiger partial charge in [0.15, 0.2) is 5.69 Å². The molecule has 1 N–H and O–H groups in total. The quantitative estimate of drug-likeness (QED) is 0.743. The van der Waals surface area contributed by atoms with Gasteiger partial charge >= 0.3 is 0 Å². The molecule has 1 atom stereocenters. The van der Waals surface area contributed by atoms with E-state index in [1.165, 1.54) is 12.1 Å². The van der Waals surface area contributed by atoms with Gasteiger partial charge in [0.25, 0.3) is 5.91 Å². The van der Waals surface area contributed by atoms with Crippen LogP contribution in [0.3, 0.4) is 0 Å². The number of aromatic nitrogens is 5. The highest BCUT2D eigenvalue weighted by molar-refractivity contribution is 5.93. The molecule has 0 spiro atoms. The van der Waals surface area contributed by atoms with E-state index < -0.39 is 0 Å². The molecule has 0 bridgehead atoms. The summed E-state index contributed by atoms with van der Waals surface area (Å²) in [7, 11) is 1.87. The molecule has 9 heteroatoms. The number of aryl methyl sites for hydroxylation is 2. The first-order valence-corrected chi connectivity index (χ1v) is 9.00. The van der Waals surface area contributed by atoms with Gasteiger partial charge < -0.3 is 10.1 Å². The van der Waals surface area contributed by atoms with Crippen LogP contribution < -0.4 is 5.32 Å². The predicted molar refractivity (Wildman–Crippen MR) is 97.8 cm³/mol. The number of nitrogens with zero attached hydrogens (tertiary/aromatic N) is 5. The van der Waals surface area contributed by atoms with E-state index >= 15 is 0 Å². The van der Waals surface area contributed by atoms with Crippen molar-refractivity contribution < 1.29 is 13.9 Å². The largest absolute Gasteiger partial charge is 0.365 e. The number of ether oxygens (including phenoxy) is 1. The molecule has 0 radical (unpaired) electrons. The zero-order valence-electron chi connectivity index (χ0n) is 15.9. The van der Waals surface area contributed by atoms with E-state index in [1.807, 2.05) is 20.9 Å². The van der Waals surface area contributed by atoms with Crippen LogP contribution in [0.2, 0.25) is 0 Å². The van der Waals surface area contributed by atoms with E-state index in [0.29, 0.717) is 18.8 Å². The molecule has 4 rings (SSSR count). The summed E-state index contributed by atoms with van der Waals surface area (Å²) >= 11 is 0. The van der Waals surface area contributed by atoms with E-state index in [2.05, 4.69) is 20.7 Å². The van der Waals surface area contributed by atoms with Crippen molar-refractivity contribution >= 4 is 5.91 Å². The summed E-state index contributed by atoms with van der Waals surface area (Å²) in [5, 5.41) is 15.4. The first-order valence-electron chi connectivity index (χ1n) is 9.00. The highest BCUT2D eigenvalue weighted by atomic mass is 19.1. The number of rotatable bonds is 4. The van der Waals surface area contributed by atoms with Crippen LogP contribution in [0.1, 0.15) is 44.8 Å². The van der Waals surface area contributed by atoms with Gasteiger partial charge in [0.2, 0.25) is 0 Å². The van der Waals surface area contributed by atoms with Crippen molar-refractivity contribution in [2.24, 2.45) is 7.05 Å². The van der Waals surface area contributed by atoms with Crippen molar-refractivity contribution in [1.82, 2.24) is 30.1 Å². The van der Waals surface area contributed by atoms with Crippen molar-refractivity contribution in [3.8, 4) is 0 Å². The molecule has 3 heterocycles. The first kappa shape index (κ1) is 18.3. The highest BCUT2D eigenvalue weighted by Gasteiger charge is 2.27. The fraction of sp³-hybridized carbons (Fsp3) is 0.368. The molecular formula is C19H21FN6O2. The Hall–Kier alpha value is -3.07. The maximum absolute atomic E-state index is 13.1. The molecule has 0 aliphatic carbocycles. The number of carbonyl (C=O) groups excluding carboxylic acids is 1. The summed E-state index contributed by atoms with van der Waals surface area (Å²) in [6.07, 6.45) is -0.258. The zero-order chi connectivity index (χ0) is 19.8. The third-order valence-electron chi connectivity index (χ3n) is 5.14. The Bertz CT molecular complexity index is 1020. The molecule has 3 aromatic rings. The lowest BCUT2D eigenvalue weighted by molar-refractivity contribution is -0.00180. The molecule has 146 valence electrons. The molecule has 0 fully saturated rings. The van der Waals surface area contributed by atoms with Gasteiger partial charge in [0, 0.05) is 24.8 Å². The number of hydrogen-bond acceptors (Lipinski definition) is 5. The van der Waals surface area contributed by atoms with Crippen LogP contribution in [0.25, 0.3) is 0 Å². The standard InChI is InChI=1S/C19H21FN6O2/c1-11-15(12(2)25(3)23-11)8-21-19(27)18-16-10-28-17(9-26(16)24-22-18)13-4-6-14(20)7-5-13/h4-7,17H,8-10H2,1-3H3,(H,21,27)/t17-/m0/s1. The lowest BCUT2D eigenvalue weighted by atomic mass is 10.1. The van der Waals surface area contributed by atoms with Crippen LogP contribution in [0, 0.1) is 19.7 Å². The van der Waals surface area contributed by atoms with Gasteiger partial charge in [0.1, 0.15) is 11.9 Å². The van der Waals surface area contributed by atoms with Crippen LogP contribution in [0.4, 0.5) is 4.39 Å². The third kappa shape index (κ3) is 3.29. The fourth-order valence-corrected chi connectivity index (χ4v) is 3.39. The molecule has 1 aliphatic rings. The van der Waals surface area contributed by atoms with Crippen molar-refractivity contribution in [3.05, 3.63) is 64.0 Å². The topological polar surface area (TPSA) is 86.9 Å². The molecule has 1 aromatic carbocycles. The van der Waals surface area contributed by atoms with Crippen molar-refractivity contribution in [2.75, 3.05) is 0 Å².